The molecule has 6 nitrogen and oxygen atoms in total. The number of hydrogen-bond acceptors (Lipinski definition) is 4. The van der Waals surface area contributed by atoms with Crippen LogP contribution in [0.1, 0.15) is 89.5 Å². The highest BCUT2D eigenvalue weighted by Crippen LogP contribution is 2.38. The summed E-state index contributed by atoms with van der Waals surface area (Å²) in [6.07, 6.45) is 1.83. The third kappa shape index (κ3) is 5.58. The topological polar surface area (TPSA) is 74.8 Å². The summed E-state index contributed by atoms with van der Waals surface area (Å²) in [5.74, 6) is -0.561. The minimum absolute atomic E-state index is 0.0139. The number of imide groups is 2. The second-order valence-electron chi connectivity index (χ2n) is 12.3. The lowest BCUT2D eigenvalue weighted by Gasteiger charge is -2.32. The summed E-state index contributed by atoms with van der Waals surface area (Å²) in [5, 5.41) is 0. The van der Waals surface area contributed by atoms with E-state index >= 15 is 0 Å². The molecule has 4 amide bonds. The number of carbonyl (C=O) groups is 4. The predicted molar refractivity (Wildman–Crippen MR) is 118 cm³/mol. The minimum Gasteiger partial charge on any atom is -0.277 e. The van der Waals surface area contributed by atoms with E-state index in [0.29, 0.717) is 12.0 Å². The highest BCUT2D eigenvalue weighted by atomic mass is 16.2. The van der Waals surface area contributed by atoms with Crippen LogP contribution in [0.4, 0.5) is 0 Å². The van der Waals surface area contributed by atoms with E-state index in [4.69, 9.17) is 0 Å². The molecule has 2 heterocycles. The van der Waals surface area contributed by atoms with Crippen molar-refractivity contribution in [3.05, 3.63) is 11.6 Å². The van der Waals surface area contributed by atoms with Crippen molar-refractivity contribution in [3.63, 3.8) is 0 Å². The number of amides is 4. The lowest BCUT2D eigenvalue weighted by Crippen LogP contribution is -2.46. The van der Waals surface area contributed by atoms with Crippen LogP contribution < -0.4 is 0 Å². The van der Waals surface area contributed by atoms with Gasteiger partial charge in [0.2, 0.25) is 11.8 Å². The Labute approximate surface area is 182 Å². The van der Waals surface area contributed by atoms with E-state index < -0.39 is 11.1 Å². The summed E-state index contributed by atoms with van der Waals surface area (Å²) >= 11 is 0. The first-order chi connectivity index (χ1) is 13.1. The van der Waals surface area contributed by atoms with Gasteiger partial charge in [-0.2, -0.15) is 0 Å². The molecule has 170 valence electrons. The Balaban J connectivity index is 0.000000300. The molecule has 0 aromatic heterocycles. The van der Waals surface area contributed by atoms with E-state index in [1.807, 2.05) is 83.1 Å². The van der Waals surface area contributed by atoms with Crippen molar-refractivity contribution < 1.29 is 19.2 Å². The average molecular weight is 421 g/mol. The van der Waals surface area contributed by atoms with Crippen LogP contribution in [0.25, 0.3) is 0 Å². The maximum absolute atomic E-state index is 12.1. The van der Waals surface area contributed by atoms with Gasteiger partial charge >= 0.3 is 0 Å². The molecule has 0 spiro atoms. The lowest BCUT2D eigenvalue weighted by atomic mass is 9.80. The fraction of sp³-hybridized carbons (Fsp3) is 0.750. The summed E-state index contributed by atoms with van der Waals surface area (Å²) in [4.78, 5) is 50.4. The molecule has 1 saturated heterocycles. The number of rotatable bonds is 0. The molecule has 2 rings (SSSR count). The molecular weight excluding hydrogens is 380 g/mol. The van der Waals surface area contributed by atoms with Gasteiger partial charge in [0.15, 0.2) is 0 Å². The van der Waals surface area contributed by atoms with E-state index in [1.54, 1.807) is 0 Å². The third-order valence-corrected chi connectivity index (χ3v) is 5.26. The van der Waals surface area contributed by atoms with Gasteiger partial charge in [-0.05, 0) is 52.4 Å². The largest absolute Gasteiger partial charge is 0.277 e. The predicted octanol–water partition coefficient (Wildman–Crippen LogP) is 4.33. The van der Waals surface area contributed by atoms with Crippen molar-refractivity contribution in [2.75, 3.05) is 0 Å². The molecule has 0 saturated carbocycles. The van der Waals surface area contributed by atoms with Gasteiger partial charge in [-0.3, -0.25) is 29.0 Å². The van der Waals surface area contributed by atoms with Crippen molar-refractivity contribution in [1.29, 1.82) is 0 Å². The van der Waals surface area contributed by atoms with Crippen LogP contribution in [-0.4, -0.2) is 44.5 Å². The summed E-state index contributed by atoms with van der Waals surface area (Å²) in [6.45, 7) is 23.1. The van der Waals surface area contributed by atoms with Crippen molar-refractivity contribution in [2.24, 2.45) is 16.7 Å². The summed E-state index contributed by atoms with van der Waals surface area (Å²) in [5.41, 5.74) is -0.645. The van der Waals surface area contributed by atoms with E-state index in [1.165, 1.54) is 15.9 Å². The first kappa shape index (κ1) is 26.1. The fourth-order valence-electron chi connectivity index (χ4n) is 3.66. The molecular formula is C24H40N2O4. The Kier molecular flexibility index (Phi) is 6.89. The summed E-state index contributed by atoms with van der Waals surface area (Å²) in [7, 11) is 0. The second-order valence-corrected chi connectivity index (χ2v) is 12.3. The molecule has 1 unspecified atom stereocenters. The molecule has 2 aliphatic heterocycles. The summed E-state index contributed by atoms with van der Waals surface area (Å²) < 4.78 is 0. The van der Waals surface area contributed by atoms with E-state index in [0.717, 1.165) is 0 Å². The number of hydrogen-bond donors (Lipinski definition) is 0. The maximum atomic E-state index is 12.1. The molecule has 6 heteroatoms. The normalized spacial score (nSPS) is 21.2. The number of nitrogens with zero attached hydrogens (tertiary/aromatic N) is 2. The molecule has 2 aliphatic rings. The van der Waals surface area contributed by atoms with E-state index in [9.17, 15) is 19.2 Å². The highest BCUT2D eigenvalue weighted by Gasteiger charge is 2.48. The van der Waals surface area contributed by atoms with Crippen LogP contribution in [0.3, 0.4) is 0 Å². The van der Waals surface area contributed by atoms with Crippen LogP contribution in [0.15, 0.2) is 11.6 Å². The van der Waals surface area contributed by atoms with Crippen molar-refractivity contribution in [3.8, 4) is 0 Å². The fourth-order valence-corrected chi connectivity index (χ4v) is 3.66. The summed E-state index contributed by atoms with van der Waals surface area (Å²) in [6, 6.07) is 0. The minimum atomic E-state index is -0.447. The SMILES string of the molecule is CC(C)(C)C1=CC(=O)N(C(C)(C)C)C1=O.CC(C)(C)C1CC(=O)N(C(C)(C)C)C1=O. The first-order valence-corrected chi connectivity index (χ1v) is 10.6. The molecule has 0 bridgehead atoms. The van der Waals surface area contributed by atoms with Crippen LogP contribution in [0.2, 0.25) is 0 Å². The van der Waals surface area contributed by atoms with Gasteiger partial charge in [0.1, 0.15) is 0 Å². The lowest BCUT2D eigenvalue weighted by molar-refractivity contribution is -0.146. The standard InChI is InChI=1S/C12H21NO2.C12H19NO2/c2*1-11(2,3)8-7-9(14)13(10(8)15)12(4,5)6/h8H,7H2,1-6H3;7H,1-6H3. The molecule has 1 fully saturated rings. The Hall–Kier alpha value is -1.98. The Bertz CT molecular complexity index is 753. The van der Waals surface area contributed by atoms with Gasteiger partial charge in [0.25, 0.3) is 11.8 Å². The molecule has 0 N–H and O–H groups in total. The Morgan fingerprint density at radius 2 is 1.17 bits per heavy atom. The Morgan fingerprint density at radius 3 is 1.37 bits per heavy atom. The van der Waals surface area contributed by atoms with E-state index in [2.05, 4.69) is 0 Å². The third-order valence-electron chi connectivity index (χ3n) is 5.26. The van der Waals surface area contributed by atoms with Gasteiger partial charge in [0, 0.05) is 29.1 Å². The smallest absolute Gasteiger partial charge is 0.257 e. The molecule has 1 atom stereocenters. The highest BCUT2D eigenvalue weighted by molar-refractivity contribution is 6.17. The number of carbonyl (C=O) groups excluding carboxylic acids is 4. The van der Waals surface area contributed by atoms with Gasteiger partial charge in [-0.1, -0.05) is 41.5 Å². The van der Waals surface area contributed by atoms with Gasteiger partial charge in [-0.25, -0.2) is 0 Å². The quantitative estimate of drug-likeness (QED) is 0.547. The first-order valence-electron chi connectivity index (χ1n) is 10.6. The van der Waals surface area contributed by atoms with E-state index in [-0.39, 0.29) is 40.4 Å². The number of likely N-dealkylation sites (tertiary alicyclic amines) is 1. The molecule has 0 radical (unpaired) electrons. The Morgan fingerprint density at radius 1 is 0.733 bits per heavy atom. The zero-order valence-corrected chi connectivity index (χ0v) is 20.9. The van der Waals surface area contributed by atoms with Crippen molar-refractivity contribution >= 4 is 23.6 Å². The van der Waals surface area contributed by atoms with Gasteiger partial charge in [-0.15, -0.1) is 0 Å². The van der Waals surface area contributed by atoms with Gasteiger partial charge < -0.3 is 0 Å². The van der Waals surface area contributed by atoms with Gasteiger partial charge in [0.05, 0.1) is 5.92 Å². The molecule has 0 aromatic carbocycles. The van der Waals surface area contributed by atoms with Crippen molar-refractivity contribution in [1.82, 2.24) is 9.80 Å². The zero-order valence-electron chi connectivity index (χ0n) is 20.9. The van der Waals surface area contributed by atoms with Crippen molar-refractivity contribution in [2.45, 2.75) is 101 Å². The van der Waals surface area contributed by atoms with Crippen LogP contribution >= 0.6 is 0 Å². The second kappa shape index (κ2) is 7.93. The molecule has 30 heavy (non-hydrogen) atoms. The van der Waals surface area contributed by atoms with Crippen LogP contribution in [0.5, 0.6) is 0 Å². The average Bonchev–Trinajstić information content (AvgIpc) is 2.93. The van der Waals surface area contributed by atoms with Crippen LogP contribution in [0, 0.1) is 16.7 Å². The zero-order chi connectivity index (χ0) is 24.0. The monoisotopic (exact) mass is 420 g/mol. The van der Waals surface area contributed by atoms with Crippen LogP contribution in [-0.2, 0) is 19.2 Å². The molecule has 0 aliphatic carbocycles. The maximum Gasteiger partial charge on any atom is 0.257 e. The molecule has 0 aromatic rings.